The second kappa shape index (κ2) is 9.27. The summed E-state index contributed by atoms with van der Waals surface area (Å²) in [6, 6.07) is 6.57. The summed E-state index contributed by atoms with van der Waals surface area (Å²) in [6.07, 6.45) is 2.42. The number of benzene rings is 1. The molecule has 0 atom stereocenters. The van der Waals surface area contributed by atoms with Gasteiger partial charge in [0.25, 0.3) is 0 Å². The van der Waals surface area contributed by atoms with E-state index in [9.17, 15) is 8.42 Å². The Hall–Kier alpha value is -2.11. The molecular weight excluding hydrogens is 460 g/mol. The molecule has 2 saturated heterocycles. The van der Waals surface area contributed by atoms with Crippen molar-refractivity contribution in [1.29, 1.82) is 0 Å². The molecule has 176 valence electrons. The smallest absolute Gasteiger partial charge is 0.243 e. The third-order valence-electron chi connectivity index (χ3n) is 6.25. The first-order valence-electron chi connectivity index (χ1n) is 11.3. The zero-order valence-corrected chi connectivity index (χ0v) is 20.5. The number of morpholine rings is 1. The molecule has 0 aliphatic carbocycles. The molecule has 2 fully saturated rings. The molecule has 2 aliphatic heterocycles. The molecular formula is C23H28N4O4S2. The van der Waals surface area contributed by atoms with Gasteiger partial charge in [-0.15, -0.1) is 11.3 Å². The lowest BCUT2D eigenvalue weighted by Crippen LogP contribution is -2.40. The highest BCUT2D eigenvalue weighted by Gasteiger charge is 2.26. The predicted molar refractivity (Wildman–Crippen MR) is 127 cm³/mol. The van der Waals surface area contributed by atoms with Crippen LogP contribution in [0.15, 0.2) is 29.2 Å². The van der Waals surface area contributed by atoms with Crippen LogP contribution in [0.25, 0.3) is 10.2 Å². The number of hydrogen-bond donors (Lipinski definition) is 0. The van der Waals surface area contributed by atoms with Gasteiger partial charge in [0.15, 0.2) is 0 Å². The minimum atomic E-state index is -3.54. The van der Waals surface area contributed by atoms with Crippen molar-refractivity contribution in [2.75, 3.05) is 39.4 Å². The van der Waals surface area contributed by atoms with Crippen LogP contribution in [0, 0.1) is 13.8 Å². The second-order valence-corrected chi connectivity index (χ2v) is 11.6. The van der Waals surface area contributed by atoms with Gasteiger partial charge < -0.3 is 9.47 Å². The molecule has 1 aromatic carbocycles. The van der Waals surface area contributed by atoms with Crippen LogP contribution in [0.5, 0.6) is 11.6 Å². The highest BCUT2D eigenvalue weighted by atomic mass is 32.2. The second-order valence-electron chi connectivity index (χ2n) is 8.48. The van der Waals surface area contributed by atoms with Gasteiger partial charge in [0.2, 0.25) is 15.9 Å². The fraction of sp³-hybridized carbons (Fsp3) is 0.478. The molecule has 0 amide bonds. The maximum Gasteiger partial charge on any atom is 0.243 e. The van der Waals surface area contributed by atoms with Crippen LogP contribution < -0.4 is 4.74 Å². The molecule has 8 nitrogen and oxygen atoms in total. The van der Waals surface area contributed by atoms with E-state index in [0.29, 0.717) is 44.5 Å². The number of aryl methyl sites for hydroxylation is 2. The molecule has 0 spiro atoms. The first kappa shape index (κ1) is 22.7. The first-order valence-corrected chi connectivity index (χ1v) is 13.5. The van der Waals surface area contributed by atoms with Crippen molar-refractivity contribution in [2.24, 2.45) is 0 Å². The van der Waals surface area contributed by atoms with E-state index in [-0.39, 0.29) is 4.90 Å². The number of nitrogens with zero attached hydrogens (tertiary/aromatic N) is 4. The van der Waals surface area contributed by atoms with Gasteiger partial charge in [-0.05, 0) is 69.6 Å². The van der Waals surface area contributed by atoms with E-state index in [1.165, 1.54) is 22.0 Å². The van der Waals surface area contributed by atoms with Crippen molar-refractivity contribution in [3.63, 3.8) is 0 Å². The number of likely N-dealkylation sites (tertiary alicyclic amines) is 1. The predicted octanol–water partition coefficient (Wildman–Crippen LogP) is 3.72. The molecule has 0 unspecified atom stereocenters. The molecule has 2 aliphatic rings. The third-order valence-corrected chi connectivity index (χ3v) is 9.27. The zero-order chi connectivity index (χ0) is 23.0. The summed E-state index contributed by atoms with van der Waals surface area (Å²) in [5, 5.41) is 0.924. The topological polar surface area (TPSA) is 84.9 Å². The Morgan fingerprint density at radius 2 is 1.73 bits per heavy atom. The highest BCUT2D eigenvalue weighted by Crippen LogP contribution is 2.37. The molecule has 0 bridgehead atoms. The molecule has 0 radical (unpaired) electrons. The van der Waals surface area contributed by atoms with Crippen molar-refractivity contribution >= 4 is 31.6 Å². The molecule has 33 heavy (non-hydrogen) atoms. The quantitative estimate of drug-likeness (QED) is 0.523. The van der Waals surface area contributed by atoms with E-state index in [1.54, 1.807) is 35.6 Å². The number of rotatable bonds is 6. The van der Waals surface area contributed by atoms with E-state index in [0.717, 1.165) is 34.7 Å². The van der Waals surface area contributed by atoms with Crippen molar-refractivity contribution in [3.05, 3.63) is 40.5 Å². The van der Waals surface area contributed by atoms with E-state index < -0.39 is 10.0 Å². The number of fused-ring (bicyclic) bond motifs is 1. The van der Waals surface area contributed by atoms with Crippen LogP contribution in [-0.2, 0) is 21.3 Å². The summed E-state index contributed by atoms with van der Waals surface area (Å²) in [4.78, 5) is 14.3. The molecule has 0 saturated carbocycles. The van der Waals surface area contributed by atoms with Gasteiger partial charge in [-0.25, -0.2) is 13.4 Å². The Morgan fingerprint density at radius 1 is 1.03 bits per heavy atom. The lowest BCUT2D eigenvalue weighted by atomic mass is 10.2. The van der Waals surface area contributed by atoms with Crippen molar-refractivity contribution in [1.82, 2.24) is 19.2 Å². The lowest BCUT2D eigenvalue weighted by Gasteiger charge is -2.26. The maximum atomic E-state index is 12.9. The normalized spacial score (nSPS) is 18.2. The van der Waals surface area contributed by atoms with Gasteiger partial charge in [-0.3, -0.25) is 4.90 Å². The lowest BCUT2D eigenvalue weighted by molar-refractivity contribution is 0.0730. The molecule has 2 aromatic heterocycles. The Kier molecular flexibility index (Phi) is 6.37. The van der Waals surface area contributed by atoms with Crippen LogP contribution in [0.1, 0.15) is 29.1 Å². The molecule has 0 N–H and O–H groups in total. The van der Waals surface area contributed by atoms with Crippen LogP contribution in [0.2, 0.25) is 0 Å². The number of hydrogen-bond acceptors (Lipinski definition) is 8. The monoisotopic (exact) mass is 488 g/mol. The van der Waals surface area contributed by atoms with Crippen molar-refractivity contribution in [3.8, 4) is 11.6 Å². The van der Waals surface area contributed by atoms with Gasteiger partial charge in [0.05, 0.1) is 30.0 Å². The number of aromatic nitrogens is 2. The summed E-state index contributed by atoms with van der Waals surface area (Å²) >= 11 is 1.65. The Balaban J connectivity index is 1.43. The first-order chi connectivity index (χ1) is 15.9. The van der Waals surface area contributed by atoms with Crippen molar-refractivity contribution in [2.45, 2.75) is 38.1 Å². The number of thiophene rings is 1. The molecule has 3 aromatic rings. The van der Waals surface area contributed by atoms with Gasteiger partial charge >= 0.3 is 0 Å². The van der Waals surface area contributed by atoms with Crippen LogP contribution in [-0.4, -0.2) is 67.0 Å². The largest absolute Gasteiger partial charge is 0.438 e. The van der Waals surface area contributed by atoms with Crippen LogP contribution in [0.4, 0.5) is 0 Å². The Labute approximate surface area is 198 Å². The average Bonchev–Trinajstić information content (AvgIpc) is 3.42. The van der Waals surface area contributed by atoms with Crippen molar-refractivity contribution < 1.29 is 17.9 Å². The van der Waals surface area contributed by atoms with Gasteiger partial charge in [0, 0.05) is 18.0 Å². The van der Waals surface area contributed by atoms with Gasteiger partial charge in [-0.1, -0.05) is 0 Å². The zero-order valence-electron chi connectivity index (χ0n) is 18.9. The van der Waals surface area contributed by atoms with Crippen LogP contribution in [0.3, 0.4) is 0 Å². The molecule has 4 heterocycles. The summed E-state index contributed by atoms with van der Waals surface area (Å²) in [6.45, 7) is 8.57. The summed E-state index contributed by atoms with van der Waals surface area (Å²) in [5.74, 6) is 1.83. The number of sulfonamides is 1. The third kappa shape index (κ3) is 4.63. The van der Waals surface area contributed by atoms with E-state index in [2.05, 4.69) is 18.7 Å². The highest BCUT2D eigenvalue weighted by molar-refractivity contribution is 7.89. The fourth-order valence-corrected chi connectivity index (χ4v) is 6.71. The Morgan fingerprint density at radius 3 is 2.42 bits per heavy atom. The van der Waals surface area contributed by atoms with Crippen LogP contribution >= 0.6 is 11.3 Å². The van der Waals surface area contributed by atoms with Gasteiger partial charge in [0.1, 0.15) is 16.4 Å². The van der Waals surface area contributed by atoms with E-state index in [1.807, 2.05) is 0 Å². The summed E-state index contributed by atoms with van der Waals surface area (Å²) < 4.78 is 38.7. The van der Waals surface area contributed by atoms with E-state index in [4.69, 9.17) is 19.4 Å². The standard InChI is InChI=1S/C23H28N4O4S2/c1-16-17(2)32-23-21(16)22(24-20(25-23)15-26-9-3-4-10-26)31-18-5-7-19(8-6-18)33(28,29)27-11-13-30-14-12-27/h5-8H,3-4,9-15H2,1-2H3. The fourth-order valence-electron chi connectivity index (χ4n) is 4.27. The minimum absolute atomic E-state index is 0.252. The molecule has 10 heteroatoms. The van der Waals surface area contributed by atoms with E-state index >= 15 is 0 Å². The summed E-state index contributed by atoms with van der Waals surface area (Å²) in [5.41, 5.74) is 1.12. The maximum absolute atomic E-state index is 12.9. The SMILES string of the molecule is Cc1sc2nc(CN3CCCC3)nc(Oc3ccc(S(=O)(=O)N4CCOCC4)cc3)c2c1C. The molecule has 5 rings (SSSR count). The minimum Gasteiger partial charge on any atom is -0.438 e. The Bertz CT molecular complexity index is 1250. The van der Waals surface area contributed by atoms with Gasteiger partial charge in [-0.2, -0.15) is 9.29 Å². The average molecular weight is 489 g/mol. The summed E-state index contributed by atoms with van der Waals surface area (Å²) in [7, 11) is -3.54. The number of ether oxygens (including phenoxy) is 2.